The number of nitrogens with zero attached hydrogens (tertiary/aromatic N) is 4. The van der Waals surface area contributed by atoms with E-state index in [1.807, 2.05) is 29.9 Å². The molecule has 2 atom stereocenters. The Kier molecular flexibility index (Phi) is 5.76. The highest BCUT2D eigenvalue weighted by Gasteiger charge is 2.42. The average molecular weight is 474 g/mol. The lowest BCUT2D eigenvalue weighted by Gasteiger charge is -2.28. The largest absolute Gasteiger partial charge is 0.351 e. The summed E-state index contributed by atoms with van der Waals surface area (Å²) in [6.07, 6.45) is 3.69. The molecular formula is C26H27N5S2. The monoisotopic (exact) mass is 473 g/mol. The van der Waals surface area contributed by atoms with E-state index in [0.717, 1.165) is 22.2 Å². The highest BCUT2D eigenvalue weighted by atomic mass is 32.1. The quantitative estimate of drug-likeness (QED) is 0.347. The lowest BCUT2D eigenvalue weighted by atomic mass is 9.96. The predicted molar refractivity (Wildman–Crippen MR) is 139 cm³/mol. The molecule has 4 heterocycles. The molecule has 5 nitrogen and oxygen atoms in total. The zero-order valence-electron chi connectivity index (χ0n) is 19.2. The van der Waals surface area contributed by atoms with Crippen molar-refractivity contribution in [3.63, 3.8) is 0 Å². The summed E-state index contributed by atoms with van der Waals surface area (Å²) >= 11 is 7.54. The van der Waals surface area contributed by atoms with Crippen LogP contribution in [0.3, 0.4) is 0 Å². The van der Waals surface area contributed by atoms with E-state index in [1.54, 1.807) is 11.3 Å². The van der Waals surface area contributed by atoms with Gasteiger partial charge in [-0.15, -0.1) is 11.3 Å². The van der Waals surface area contributed by atoms with Gasteiger partial charge in [0.05, 0.1) is 17.8 Å². The summed E-state index contributed by atoms with van der Waals surface area (Å²) in [6.45, 7) is 8.73. The van der Waals surface area contributed by atoms with E-state index < -0.39 is 0 Å². The average Bonchev–Trinajstić information content (AvgIpc) is 3.52. The third kappa shape index (κ3) is 3.85. The second kappa shape index (κ2) is 8.72. The molecule has 1 saturated heterocycles. The molecule has 0 bridgehead atoms. The minimum atomic E-state index is -0.0614. The van der Waals surface area contributed by atoms with Crippen molar-refractivity contribution >= 4 is 34.4 Å². The molecular weight excluding hydrogens is 446 g/mol. The number of aromatic nitrogens is 3. The van der Waals surface area contributed by atoms with Gasteiger partial charge in [0, 0.05) is 34.8 Å². The number of benzene rings is 1. The van der Waals surface area contributed by atoms with Crippen LogP contribution in [0.15, 0.2) is 66.3 Å². The molecule has 0 unspecified atom stereocenters. The third-order valence-electron chi connectivity index (χ3n) is 6.34. The predicted octanol–water partition coefficient (Wildman–Crippen LogP) is 6.25. The molecule has 0 radical (unpaired) electrons. The molecule has 1 fully saturated rings. The fourth-order valence-electron chi connectivity index (χ4n) is 4.68. The van der Waals surface area contributed by atoms with E-state index in [9.17, 15) is 0 Å². The maximum absolute atomic E-state index is 5.89. The van der Waals surface area contributed by atoms with Gasteiger partial charge >= 0.3 is 0 Å². The van der Waals surface area contributed by atoms with Crippen molar-refractivity contribution in [2.75, 3.05) is 4.90 Å². The molecule has 0 aliphatic carbocycles. The first kappa shape index (κ1) is 21.8. The number of aryl methyl sites for hydroxylation is 1. The summed E-state index contributed by atoms with van der Waals surface area (Å²) in [5, 5.41) is 7.27. The second-order valence-electron chi connectivity index (χ2n) is 8.72. The van der Waals surface area contributed by atoms with Gasteiger partial charge < -0.3 is 10.2 Å². The van der Waals surface area contributed by atoms with E-state index in [2.05, 4.69) is 88.8 Å². The maximum Gasteiger partial charge on any atom is 0.193 e. The summed E-state index contributed by atoms with van der Waals surface area (Å²) in [5.74, 6) is 0.483. The van der Waals surface area contributed by atoms with Crippen molar-refractivity contribution in [3.8, 4) is 5.13 Å². The smallest absolute Gasteiger partial charge is 0.193 e. The van der Waals surface area contributed by atoms with Crippen LogP contribution in [0.4, 0.5) is 5.69 Å². The van der Waals surface area contributed by atoms with Crippen LogP contribution in [0.25, 0.3) is 5.13 Å². The highest BCUT2D eigenvalue weighted by Crippen LogP contribution is 2.44. The number of pyridine rings is 1. The van der Waals surface area contributed by atoms with Crippen LogP contribution in [0.5, 0.6) is 0 Å². The summed E-state index contributed by atoms with van der Waals surface area (Å²) in [4.78, 5) is 11.5. The molecule has 0 spiro atoms. The van der Waals surface area contributed by atoms with Gasteiger partial charge in [-0.25, -0.2) is 4.98 Å². The molecule has 1 N–H and O–H groups in total. The Morgan fingerprint density at radius 3 is 2.45 bits per heavy atom. The Morgan fingerprint density at radius 2 is 1.82 bits per heavy atom. The van der Waals surface area contributed by atoms with Crippen molar-refractivity contribution in [1.29, 1.82) is 0 Å². The standard InChI is InChI=1S/C26H27N5S2/c1-16(2)19-8-10-20(11-9-19)31-24(23(29-25(31)32)22-7-5-6-12-27-22)21-15-17(3)30(18(21)4)26-28-13-14-33-26/h5-16,23-24H,1-4H3,(H,29,32)/t23-,24-/m1/s1. The second-order valence-corrected chi connectivity index (χ2v) is 9.98. The first-order chi connectivity index (χ1) is 16.0. The van der Waals surface area contributed by atoms with Crippen LogP contribution in [-0.4, -0.2) is 19.6 Å². The van der Waals surface area contributed by atoms with Gasteiger partial charge in [0.1, 0.15) is 0 Å². The Labute approximate surface area is 204 Å². The number of hydrogen-bond acceptors (Lipinski definition) is 4. The molecule has 1 aliphatic rings. The fraction of sp³-hybridized carbons (Fsp3) is 0.269. The van der Waals surface area contributed by atoms with Crippen LogP contribution in [0.2, 0.25) is 0 Å². The molecule has 33 heavy (non-hydrogen) atoms. The van der Waals surface area contributed by atoms with Crippen LogP contribution < -0.4 is 10.2 Å². The zero-order chi connectivity index (χ0) is 23.1. The van der Waals surface area contributed by atoms with Gasteiger partial charge in [-0.1, -0.05) is 32.0 Å². The number of nitrogens with one attached hydrogen (secondary N) is 1. The van der Waals surface area contributed by atoms with E-state index in [4.69, 9.17) is 12.2 Å². The van der Waals surface area contributed by atoms with Gasteiger partial charge in [0.25, 0.3) is 0 Å². The zero-order valence-corrected chi connectivity index (χ0v) is 20.8. The van der Waals surface area contributed by atoms with Crippen LogP contribution >= 0.6 is 23.6 Å². The molecule has 3 aromatic heterocycles. The normalized spacial score (nSPS) is 18.2. The van der Waals surface area contributed by atoms with Gasteiger partial charge in [0.15, 0.2) is 10.2 Å². The van der Waals surface area contributed by atoms with Crippen molar-refractivity contribution in [2.24, 2.45) is 0 Å². The van der Waals surface area contributed by atoms with Crippen molar-refractivity contribution in [2.45, 2.75) is 45.7 Å². The number of rotatable bonds is 5. The van der Waals surface area contributed by atoms with Crippen LogP contribution in [-0.2, 0) is 0 Å². The van der Waals surface area contributed by atoms with Gasteiger partial charge in [-0.3, -0.25) is 9.55 Å². The summed E-state index contributed by atoms with van der Waals surface area (Å²) in [6, 6.07) is 17.0. The Balaban J connectivity index is 1.65. The molecule has 1 aliphatic heterocycles. The van der Waals surface area contributed by atoms with Crippen molar-refractivity contribution in [1.82, 2.24) is 19.9 Å². The Hall–Kier alpha value is -3.03. The van der Waals surface area contributed by atoms with E-state index >= 15 is 0 Å². The number of anilines is 1. The van der Waals surface area contributed by atoms with E-state index in [0.29, 0.717) is 11.0 Å². The first-order valence-corrected chi connectivity index (χ1v) is 12.4. The molecule has 1 aromatic carbocycles. The van der Waals surface area contributed by atoms with Gasteiger partial charge in [0.2, 0.25) is 0 Å². The fourth-order valence-corrected chi connectivity index (χ4v) is 5.77. The van der Waals surface area contributed by atoms with Crippen molar-refractivity contribution < 1.29 is 0 Å². The molecule has 7 heteroatoms. The summed E-state index contributed by atoms with van der Waals surface area (Å²) in [7, 11) is 0. The number of thiazole rings is 1. The minimum Gasteiger partial charge on any atom is -0.351 e. The molecule has 4 aromatic rings. The summed E-state index contributed by atoms with van der Waals surface area (Å²) in [5.41, 5.74) is 6.92. The van der Waals surface area contributed by atoms with Crippen LogP contribution in [0.1, 0.15) is 60.1 Å². The molecule has 168 valence electrons. The number of hydrogen-bond donors (Lipinski definition) is 1. The maximum atomic E-state index is 5.89. The highest BCUT2D eigenvalue weighted by molar-refractivity contribution is 7.80. The number of thiocarbonyl (C=S) groups is 1. The Morgan fingerprint density at radius 1 is 1.03 bits per heavy atom. The first-order valence-electron chi connectivity index (χ1n) is 11.1. The summed E-state index contributed by atoms with van der Waals surface area (Å²) < 4.78 is 2.23. The van der Waals surface area contributed by atoms with Gasteiger partial charge in [-0.05, 0) is 73.4 Å². The lowest BCUT2D eigenvalue weighted by Crippen LogP contribution is -2.29. The Bertz CT molecular complexity index is 1260. The van der Waals surface area contributed by atoms with E-state index in [-0.39, 0.29) is 12.1 Å². The minimum absolute atomic E-state index is 0.0304. The van der Waals surface area contributed by atoms with Crippen molar-refractivity contribution in [3.05, 3.63) is 94.5 Å². The third-order valence-corrected chi connectivity index (χ3v) is 7.41. The topological polar surface area (TPSA) is 46.0 Å². The SMILES string of the molecule is Cc1cc([C@@H]2[C@@H](c3ccccn3)NC(=S)N2c2ccc(C(C)C)cc2)c(C)n1-c1nccs1. The molecule has 0 saturated carbocycles. The molecule has 0 amide bonds. The van der Waals surface area contributed by atoms with E-state index in [1.165, 1.54) is 16.8 Å². The lowest BCUT2D eigenvalue weighted by molar-refractivity contribution is 0.565. The molecule has 5 rings (SSSR count). The van der Waals surface area contributed by atoms with Gasteiger partial charge in [-0.2, -0.15) is 0 Å². The van der Waals surface area contributed by atoms with Crippen LogP contribution in [0, 0.1) is 13.8 Å².